The van der Waals surface area contributed by atoms with Gasteiger partial charge in [-0.05, 0) is 26.7 Å². The molecule has 0 atom stereocenters. The maximum Gasteiger partial charge on any atom is 0.412 e. The molecule has 6 nitrogen and oxygen atoms in total. The molecule has 0 spiro atoms. The second-order valence-corrected chi connectivity index (χ2v) is 6.90. The summed E-state index contributed by atoms with van der Waals surface area (Å²) in [5.41, 5.74) is 1.14. The van der Waals surface area contributed by atoms with Crippen molar-refractivity contribution >= 4 is 11.8 Å². The third-order valence-corrected chi connectivity index (χ3v) is 3.35. The number of nitrogens with one attached hydrogen (secondary N) is 1. The summed E-state index contributed by atoms with van der Waals surface area (Å²) < 4.78 is 7.00. The van der Waals surface area contributed by atoms with Crippen LogP contribution in [-0.2, 0) is 18.2 Å². The number of ether oxygens (including phenoxy) is 1. The Morgan fingerprint density at radius 1 is 1.48 bits per heavy atom. The van der Waals surface area contributed by atoms with Crippen molar-refractivity contribution in [1.82, 2.24) is 14.7 Å². The van der Waals surface area contributed by atoms with E-state index in [-0.39, 0.29) is 0 Å². The topological polar surface area (TPSA) is 59.4 Å². The smallest absolute Gasteiger partial charge is 0.412 e. The fourth-order valence-electron chi connectivity index (χ4n) is 2.51. The van der Waals surface area contributed by atoms with Gasteiger partial charge in [-0.1, -0.05) is 6.92 Å². The van der Waals surface area contributed by atoms with Gasteiger partial charge in [0.25, 0.3) is 0 Å². The quantitative estimate of drug-likeness (QED) is 0.925. The Bertz CT molecular complexity index is 498. The Kier molecular flexibility index (Phi) is 4.56. The fourth-order valence-corrected chi connectivity index (χ4v) is 2.51. The van der Waals surface area contributed by atoms with Gasteiger partial charge in [-0.25, -0.2) is 4.79 Å². The Morgan fingerprint density at radius 2 is 2.14 bits per heavy atom. The largest absolute Gasteiger partial charge is 0.444 e. The van der Waals surface area contributed by atoms with E-state index < -0.39 is 11.7 Å². The second-order valence-electron chi connectivity index (χ2n) is 6.90. The molecule has 1 aromatic heterocycles. The summed E-state index contributed by atoms with van der Waals surface area (Å²) in [7, 11) is 1.86. The van der Waals surface area contributed by atoms with Crippen molar-refractivity contribution in [3.63, 3.8) is 0 Å². The van der Waals surface area contributed by atoms with E-state index in [2.05, 4.69) is 22.2 Å². The molecule has 0 radical (unpaired) electrons. The van der Waals surface area contributed by atoms with Crippen LogP contribution < -0.4 is 5.32 Å². The number of carbonyl (C=O) groups is 1. The second kappa shape index (κ2) is 6.05. The molecule has 1 N–H and O–H groups in total. The highest BCUT2D eigenvalue weighted by molar-refractivity contribution is 5.85. The van der Waals surface area contributed by atoms with Crippen molar-refractivity contribution < 1.29 is 9.53 Å². The summed E-state index contributed by atoms with van der Waals surface area (Å²) >= 11 is 0. The van der Waals surface area contributed by atoms with Gasteiger partial charge in [0.1, 0.15) is 5.60 Å². The van der Waals surface area contributed by atoms with Gasteiger partial charge in [-0.3, -0.25) is 10.00 Å². The van der Waals surface area contributed by atoms with Crippen LogP contribution in [0, 0.1) is 5.92 Å². The minimum atomic E-state index is -0.500. The van der Waals surface area contributed by atoms with Gasteiger partial charge in [0.05, 0.1) is 11.4 Å². The number of hydrogen-bond donors (Lipinski definition) is 1. The normalized spacial score (nSPS) is 16.6. The number of hydrogen-bond acceptors (Lipinski definition) is 4. The number of anilines is 1. The van der Waals surface area contributed by atoms with Crippen LogP contribution in [0.3, 0.4) is 0 Å². The molecule has 1 saturated heterocycles. The lowest BCUT2D eigenvalue weighted by molar-refractivity contribution is 0.0635. The lowest BCUT2D eigenvalue weighted by atomic mass is 10.0. The predicted molar refractivity (Wildman–Crippen MR) is 82.4 cm³/mol. The van der Waals surface area contributed by atoms with Gasteiger partial charge in [0.2, 0.25) is 0 Å². The first-order valence-corrected chi connectivity index (χ1v) is 7.48. The molecular weight excluding hydrogens is 268 g/mol. The minimum absolute atomic E-state index is 0.436. The summed E-state index contributed by atoms with van der Waals surface area (Å²) in [6.45, 7) is 11.1. The van der Waals surface area contributed by atoms with Crippen molar-refractivity contribution in [2.45, 2.75) is 39.7 Å². The average Bonchev–Trinajstić information content (AvgIpc) is 2.60. The number of likely N-dealkylation sites (tertiary alicyclic amines) is 1. The predicted octanol–water partition coefficient (Wildman–Crippen LogP) is 2.26. The van der Waals surface area contributed by atoms with Crippen molar-refractivity contribution in [2.75, 3.05) is 25.0 Å². The summed E-state index contributed by atoms with van der Waals surface area (Å²) in [6, 6.07) is 0. The summed E-state index contributed by atoms with van der Waals surface area (Å²) in [5, 5.41) is 7.22. The maximum atomic E-state index is 11.9. The molecule has 2 rings (SSSR count). The Morgan fingerprint density at radius 3 is 2.71 bits per heavy atom. The molecular formula is C15H26N4O2. The van der Waals surface area contributed by atoms with Crippen molar-refractivity contribution in [3.8, 4) is 0 Å². The molecule has 0 saturated carbocycles. The zero-order valence-corrected chi connectivity index (χ0v) is 13.6. The van der Waals surface area contributed by atoms with E-state index in [1.165, 1.54) is 0 Å². The third kappa shape index (κ3) is 4.74. The van der Waals surface area contributed by atoms with E-state index in [9.17, 15) is 4.79 Å². The zero-order valence-electron chi connectivity index (χ0n) is 13.6. The number of rotatable bonds is 4. The molecule has 0 aromatic carbocycles. The highest BCUT2D eigenvalue weighted by Crippen LogP contribution is 2.19. The first kappa shape index (κ1) is 15.8. The molecule has 1 aliphatic heterocycles. The van der Waals surface area contributed by atoms with Crippen LogP contribution in [0.2, 0.25) is 0 Å². The summed E-state index contributed by atoms with van der Waals surface area (Å²) in [4.78, 5) is 14.3. The Hall–Kier alpha value is -1.56. The molecule has 118 valence electrons. The SMILES string of the molecule is CC1CN(CCc2nn(C)cc2NC(=O)OC(C)(C)C)C1. The molecule has 0 bridgehead atoms. The third-order valence-electron chi connectivity index (χ3n) is 3.35. The molecule has 0 aliphatic carbocycles. The molecule has 1 amide bonds. The highest BCUT2D eigenvalue weighted by atomic mass is 16.6. The van der Waals surface area contributed by atoms with Gasteiger partial charge in [0, 0.05) is 39.3 Å². The molecule has 21 heavy (non-hydrogen) atoms. The van der Waals surface area contributed by atoms with E-state index >= 15 is 0 Å². The lowest BCUT2D eigenvalue weighted by Gasteiger charge is -2.37. The molecule has 6 heteroatoms. The number of aromatic nitrogens is 2. The first-order valence-electron chi connectivity index (χ1n) is 7.48. The number of carbonyl (C=O) groups excluding carboxylic acids is 1. The Labute approximate surface area is 126 Å². The van der Waals surface area contributed by atoms with E-state index in [4.69, 9.17) is 4.74 Å². The lowest BCUT2D eigenvalue weighted by Crippen LogP contribution is -2.45. The van der Waals surface area contributed by atoms with Gasteiger partial charge in [-0.15, -0.1) is 0 Å². The van der Waals surface area contributed by atoms with Crippen LogP contribution >= 0.6 is 0 Å². The van der Waals surface area contributed by atoms with Crippen LogP contribution in [0.15, 0.2) is 6.20 Å². The number of nitrogens with zero attached hydrogens (tertiary/aromatic N) is 3. The average molecular weight is 294 g/mol. The first-order chi connectivity index (χ1) is 9.73. The zero-order chi connectivity index (χ0) is 15.6. The fraction of sp³-hybridized carbons (Fsp3) is 0.733. The van der Waals surface area contributed by atoms with Crippen molar-refractivity contribution in [1.29, 1.82) is 0 Å². The Balaban J connectivity index is 1.91. The monoisotopic (exact) mass is 294 g/mol. The molecule has 1 aliphatic rings. The van der Waals surface area contributed by atoms with Crippen LogP contribution in [-0.4, -0.2) is 46.0 Å². The van der Waals surface area contributed by atoms with Crippen LogP contribution in [0.5, 0.6) is 0 Å². The number of amides is 1. The van der Waals surface area contributed by atoms with Crippen LogP contribution in [0.1, 0.15) is 33.4 Å². The van der Waals surface area contributed by atoms with Gasteiger partial charge in [0.15, 0.2) is 0 Å². The van der Waals surface area contributed by atoms with Crippen LogP contribution in [0.25, 0.3) is 0 Å². The molecule has 1 aromatic rings. The van der Waals surface area contributed by atoms with Crippen molar-refractivity contribution in [2.24, 2.45) is 13.0 Å². The van der Waals surface area contributed by atoms with Crippen LogP contribution in [0.4, 0.5) is 10.5 Å². The molecule has 1 fully saturated rings. The van der Waals surface area contributed by atoms with E-state index in [0.29, 0.717) is 0 Å². The molecule has 0 unspecified atom stereocenters. The van der Waals surface area contributed by atoms with E-state index in [1.807, 2.05) is 34.0 Å². The highest BCUT2D eigenvalue weighted by Gasteiger charge is 2.23. The molecule has 2 heterocycles. The summed E-state index contributed by atoms with van der Waals surface area (Å²) in [6.07, 6.45) is 2.21. The number of aryl methyl sites for hydroxylation is 1. The van der Waals surface area contributed by atoms with Gasteiger partial charge >= 0.3 is 6.09 Å². The maximum absolute atomic E-state index is 11.9. The summed E-state index contributed by atoms with van der Waals surface area (Å²) in [5.74, 6) is 0.799. The van der Waals surface area contributed by atoms with Crippen molar-refractivity contribution in [3.05, 3.63) is 11.9 Å². The van der Waals surface area contributed by atoms with Gasteiger partial charge < -0.3 is 9.64 Å². The van der Waals surface area contributed by atoms with E-state index in [1.54, 1.807) is 4.68 Å². The van der Waals surface area contributed by atoms with E-state index in [0.717, 1.165) is 43.4 Å². The van der Waals surface area contributed by atoms with Gasteiger partial charge in [-0.2, -0.15) is 5.10 Å². The standard InChI is InChI=1S/C15H26N4O2/c1-11-8-19(9-11)7-6-12-13(10-18(5)17-12)16-14(20)21-15(2,3)4/h10-11H,6-9H2,1-5H3,(H,16,20). The minimum Gasteiger partial charge on any atom is -0.444 e.